The molecule has 0 saturated carbocycles. The van der Waals surface area contributed by atoms with Crippen molar-refractivity contribution >= 4 is 11.8 Å². The molecule has 0 saturated heterocycles. The van der Waals surface area contributed by atoms with Gasteiger partial charge in [0.05, 0.1) is 0 Å². The van der Waals surface area contributed by atoms with Gasteiger partial charge in [0.2, 0.25) is 17.6 Å². The average Bonchev–Trinajstić information content (AvgIpc) is 3.14. The summed E-state index contributed by atoms with van der Waals surface area (Å²) in [7, 11) is 0. The Kier molecular flexibility index (Phi) is 5.33. The first-order valence-corrected chi connectivity index (χ1v) is 8.01. The molecule has 3 aromatic rings. The Morgan fingerprint density at radius 3 is 2.62 bits per heavy atom. The SMILES string of the molecule is Cc1ccc(-c2noc(CCC(=O)NNC(=O)c3ccccn3)n2)cc1. The molecule has 0 bridgehead atoms. The molecule has 8 nitrogen and oxygen atoms in total. The summed E-state index contributed by atoms with van der Waals surface area (Å²) >= 11 is 0. The molecule has 0 fully saturated rings. The second-order valence-corrected chi connectivity index (χ2v) is 5.60. The number of pyridine rings is 1. The highest BCUT2D eigenvalue weighted by Crippen LogP contribution is 2.16. The van der Waals surface area contributed by atoms with Gasteiger partial charge in [0.25, 0.3) is 5.91 Å². The lowest BCUT2D eigenvalue weighted by Crippen LogP contribution is -2.42. The van der Waals surface area contributed by atoms with Crippen LogP contribution in [0.1, 0.15) is 28.4 Å². The molecule has 0 atom stereocenters. The molecule has 0 aliphatic rings. The maximum atomic E-state index is 11.8. The zero-order valence-electron chi connectivity index (χ0n) is 14.1. The molecule has 0 aliphatic heterocycles. The number of rotatable bonds is 5. The fraction of sp³-hybridized carbons (Fsp3) is 0.167. The monoisotopic (exact) mass is 351 g/mol. The van der Waals surface area contributed by atoms with Gasteiger partial charge in [-0.1, -0.05) is 41.1 Å². The van der Waals surface area contributed by atoms with Crippen molar-refractivity contribution in [3.05, 3.63) is 65.8 Å². The van der Waals surface area contributed by atoms with Crippen LogP contribution in [0, 0.1) is 6.92 Å². The molecule has 132 valence electrons. The smallest absolute Gasteiger partial charge is 0.288 e. The van der Waals surface area contributed by atoms with E-state index in [1.165, 1.54) is 6.20 Å². The first kappa shape index (κ1) is 17.3. The number of aromatic nitrogens is 3. The Morgan fingerprint density at radius 1 is 1.08 bits per heavy atom. The number of hydrogen-bond donors (Lipinski definition) is 2. The van der Waals surface area contributed by atoms with Crippen molar-refractivity contribution in [3.8, 4) is 11.4 Å². The summed E-state index contributed by atoms with van der Waals surface area (Å²) < 4.78 is 5.16. The van der Waals surface area contributed by atoms with Crippen molar-refractivity contribution in [1.29, 1.82) is 0 Å². The fourth-order valence-electron chi connectivity index (χ4n) is 2.15. The first-order chi connectivity index (χ1) is 12.6. The Hall–Kier alpha value is -3.55. The van der Waals surface area contributed by atoms with E-state index in [4.69, 9.17) is 4.52 Å². The lowest BCUT2D eigenvalue weighted by Gasteiger charge is -2.05. The van der Waals surface area contributed by atoms with Crippen molar-refractivity contribution in [2.45, 2.75) is 19.8 Å². The van der Waals surface area contributed by atoms with Crippen LogP contribution >= 0.6 is 0 Å². The van der Waals surface area contributed by atoms with Gasteiger partial charge in [-0.3, -0.25) is 25.4 Å². The van der Waals surface area contributed by atoms with E-state index in [0.29, 0.717) is 11.7 Å². The van der Waals surface area contributed by atoms with Gasteiger partial charge in [-0.25, -0.2) is 0 Å². The molecule has 0 spiro atoms. The standard InChI is InChI=1S/C18H17N5O3/c1-12-5-7-13(8-6-12)17-20-16(26-23-17)10-9-15(24)21-22-18(25)14-4-2-3-11-19-14/h2-8,11H,9-10H2,1H3,(H,21,24)(H,22,25). The third-order valence-corrected chi connectivity index (χ3v) is 3.56. The van der Waals surface area contributed by atoms with Gasteiger partial charge in [0.1, 0.15) is 5.69 Å². The topological polar surface area (TPSA) is 110 Å². The van der Waals surface area contributed by atoms with E-state index in [1.807, 2.05) is 31.2 Å². The van der Waals surface area contributed by atoms with Crippen molar-refractivity contribution in [1.82, 2.24) is 26.0 Å². The molecule has 2 aromatic heterocycles. The van der Waals surface area contributed by atoms with Crippen LogP contribution in [0.3, 0.4) is 0 Å². The molecular weight excluding hydrogens is 334 g/mol. The summed E-state index contributed by atoms with van der Waals surface area (Å²) in [4.78, 5) is 31.8. The largest absolute Gasteiger partial charge is 0.339 e. The number of nitrogens with one attached hydrogen (secondary N) is 2. The van der Waals surface area contributed by atoms with Crippen LogP contribution in [0.15, 0.2) is 53.2 Å². The molecular formula is C18H17N5O3. The highest BCUT2D eigenvalue weighted by atomic mass is 16.5. The molecule has 2 amide bonds. The van der Waals surface area contributed by atoms with Gasteiger partial charge < -0.3 is 4.52 Å². The average molecular weight is 351 g/mol. The molecule has 3 rings (SSSR count). The summed E-state index contributed by atoms with van der Waals surface area (Å²) in [6.45, 7) is 2.00. The van der Waals surface area contributed by atoms with E-state index < -0.39 is 5.91 Å². The molecule has 0 unspecified atom stereocenters. The lowest BCUT2D eigenvalue weighted by molar-refractivity contribution is -0.121. The molecule has 1 aromatic carbocycles. The van der Waals surface area contributed by atoms with Crippen molar-refractivity contribution in [3.63, 3.8) is 0 Å². The number of carbonyl (C=O) groups is 2. The minimum absolute atomic E-state index is 0.0953. The summed E-state index contributed by atoms with van der Waals surface area (Å²) in [5.41, 5.74) is 6.83. The Morgan fingerprint density at radius 2 is 1.88 bits per heavy atom. The summed E-state index contributed by atoms with van der Waals surface area (Å²) in [5, 5.41) is 3.91. The van der Waals surface area contributed by atoms with E-state index in [2.05, 4.69) is 26.0 Å². The van der Waals surface area contributed by atoms with E-state index in [1.54, 1.807) is 18.2 Å². The second kappa shape index (κ2) is 8.02. The van der Waals surface area contributed by atoms with Gasteiger partial charge in [-0.05, 0) is 19.1 Å². The van der Waals surface area contributed by atoms with Gasteiger partial charge in [0, 0.05) is 24.6 Å². The van der Waals surface area contributed by atoms with E-state index in [0.717, 1.165) is 11.1 Å². The van der Waals surface area contributed by atoms with Crippen molar-refractivity contribution in [2.75, 3.05) is 0 Å². The molecule has 26 heavy (non-hydrogen) atoms. The Labute approximate surface area is 149 Å². The molecule has 0 aliphatic carbocycles. The summed E-state index contributed by atoms with van der Waals surface area (Å²) in [5.74, 6) is -0.0293. The lowest BCUT2D eigenvalue weighted by atomic mass is 10.1. The predicted molar refractivity (Wildman–Crippen MR) is 92.6 cm³/mol. The van der Waals surface area contributed by atoms with Gasteiger partial charge in [-0.15, -0.1) is 0 Å². The highest BCUT2D eigenvalue weighted by molar-refractivity contribution is 5.93. The number of hydrogen-bond acceptors (Lipinski definition) is 6. The zero-order chi connectivity index (χ0) is 18.4. The van der Waals surface area contributed by atoms with Gasteiger partial charge in [-0.2, -0.15) is 4.98 Å². The molecule has 0 radical (unpaired) electrons. The maximum Gasteiger partial charge on any atom is 0.288 e. The second-order valence-electron chi connectivity index (χ2n) is 5.60. The Balaban J connectivity index is 1.47. The van der Waals surface area contributed by atoms with Crippen molar-refractivity contribution in [2.24, 2.45) is 0 Å². The van der Waals surface area contributed by atoms with Crippen molar-refractivity contribution < 1.29 is 14.1 Å². The number of aryl methyl sites for hydroxylation is 2. The minimum atomic E-state index is -0.488. The highest BCUT2D eigenvalue weighted by Gasteiger charge is 2.12. The predicted octanol–water partition coefficient (Wildman–Crippen LogP) is 1.83. The first-order valence-electron chi connectivity index (χ1n) is 8.01. The van der Waals surface area contributed by atoms with Crippen LogP contribution in [0.4, 0.5) is 0 Å². The zero-order valence-corrected chi connectivity index (χ0v) is 14.1. The van der Waals surface area contributed by atoms with Crippen LogP contribution in [-0.2, 0) is 11.2 Å². The minimum Gasteiger partial charge on any atom is -0.339 e. The third-order valence-electron chi connectivity index (χ3n) is 3.56. The van der Waals surface area contributed by atoms with Crippen LogP contribution in [-0.4, -0.2) is 26.9 Å². The number of nitrogens with zero attached hydrogens (tertiary/aromatic N) is 3. The van der Waals surface area contributed by atoms with Crippen LogP contribution in [0.25, 0.3) is 11.4 Å². The van der Waals surface area contributed by atoms with E-state index >= 15 is 0 Å². The number of benzene rings is 1. The third kappa shape index (κ3) is 4.50. The Bertz CT molecular complexity index is 891. The van der Waals surface area contributed by atoms with Gasteiger partial charge in [0.15, 0.2) is 0 Å². The van der Waals surface area contributed by atoms with Crippen LogP contribution in [0.5, 0.6) is 0 Å². The van der Waals surface area contributed by atoms with Gasteiger partial charge >= 0.3 is 0 Å². The van der Waals surface area contributed by atoms with E-state index in [9.17, 15) is 9.59 Å². The number of amides is 2. The summed E-state index contributed by atoms with van der Waals surface area (Å²) in [6.07, 6.45) is 1.86. The number of carbonyl (C=O) groups excluding carboxylic acids is 2. The summed E-state index contributed by atoms with van der Waals surface area (Å²) in [6, 6.07) is 12.7. The maximum absolute atomic E-state index is 11.8. The molecule has 2 heterocycles. The molecule has 2 N–H and O–H groups in total. The van der Waals surface area contributed by atoms with Crippen LogP contribution in [0.2, 0.25) is 0 Å². The number of hydrazine groups is 1. The molecule has 8 heteroatoms. The van der Waals surface area contributed by atoms with Crippen LogP contribution < -0.4 is 10.9 Å². The fourth-order valence-corrected chi connectivity index (χ4v) is 2.15. The quantitative estimate of drug-likeness (QED) is 0.679. The normalized spacial score (nSPS) is 10.3. The van der Waals surface area contributed by atoms with E-state index in [-0.39, 0.29) is 24.4 Å².